The molecule has 30 heteroatoms. The molecule has 0 unspecified atom stereocenters. The lowest BCUT2D eigenvalue weighted by Crippen LogP contribution is -2.12. The van der Waals surface area contributed by atoms with Gasteiger partial charge in [-0.3, -0.25) is 17.5 Å². The Kier molecular flexibility index (Phi) is 15.2. The maximum Gasteiger partial charge on any atom is 0.297 e. The molecule has 0 aliphatic carbocycles. The highest BCUT2D eigenvalue weighted by atomic mass is 32.2. The second kappa shape index (κ2) is 19.0. The first kappa shape index (κ1) is 44.8. The number of nitrogens with zero attached hydrogens (tertiary/aromatic N) is 4. The Morgan fingerprint density at radius 1 is 0.607 bits per heavy atom. The number of aromatic hydroxyl groups is 1. The van der Waals surface area contributed by atoms with Crippen molar-refractivity contribution in [3.8, 4) is 5.75 Å². The maximum absolute atomic E-state index is 12.8. The van der Waals surface area contributed by atoms with Crippen molar-refractivity contribution in [2.24, 2.45) is 20.5 Å². The van der Waals surface area contributed by atoms with Gasteiger partial charge in [0.25, 0.3) is 20.2 Å². The summed E-state index contributed by atoms with van der Waals surface area (Å²) >= 11 is 0.281. The Labute approximate surface area is 324 Å². The molecule has 0 atom stereocenters. The van der Waals surface area contributed by atoms with Gasteiger partial charge in [-0.05, 0) is 47.9 Å². The zero-order chi connectivity index (χ0) is 41.3. The fraction of sp³-hybridized carbons (Fsp3) is 0.154. The first-order valence-corrected chi connectivity index (χ1v) is 21.9. The molecule has 4 aromatic rings. The number of azo groups is 2. The van der Waals surface area contributed by atoms with Crippen LogP contribution < -0.4 is 5.73 Å². The van der Waals surface area contributed by atoms with E-state index < -0.39 is 102 Å². The summed E-state index contributed by atoms with van der Waals surface area (Å²) in [6.07, 6.45) is 0. The molecular formula is C26H25N5O19S6. The molecule has 56 heavy (non-hydrogen) atoms. The van der Waals surface area contributed by atoms with Crippen molar-refractivity contribution in [3.05, 3.63) is 60.7 Å². The molecular weight excluding hydrogens is 879 g/mol. The number of phenols is 1. The molecule has 24 nitrogen and oxygen atoms in total. The van der Waals surface area contributed by atoms with E-state index in [-0.39, 0.29) is 51.7 Å². The molecule has 4 rings (SSSR count). The van der Waals surface area contributed by atoms with Crippen molar-refractivity contribution in [3.63, 3.8) is 0 Å². The van der Waals surface area contributed by atoms with Gasteiger partial charge < -0.3 is 10.8 Å². The number of rotatable bonds is 20. The number of anilines is 1. The van der Waals surface area contributed by atoms with Crippen LogP contribution >= 0.6 is 24.6 Å². The minimum Gasteiger partial charge on any atom is -0.506 e. The number of nitrogens with two attached hydrogens (primary N) is 1. The number of hydrogen-bond donors (Lipinski definition) is 6. The molecule has 0 bridgehead atoms. The molecule has 4 aromatic carbocycles. The molecule has 0 fully saturated rings. The number of phenolic OH excluding ortho intramolecular Hbond substituents is 1. The Hall–Kier alpha value is -3.96. The third-order valence-corrected chi connectivity index (χ3v) is 12.8. The van der Waals surface area contributed by atoms with E-state index in [1.807, 2.05) is 0 Å². The van der Waals surface area contributed by atoms with Crippen LogP contribution in [0.5, 0.6) is 5.75 Å². The largest absolute Gasteiger partial charge is 0.506 e. The van der Waals surface area contributed by atoms with Gasteiger partial charge in [-0.25, -0.2) is 27.4 Å². The number of benzene rings is 4. The zero-order valence-electron chi connectivity index (χ0n) is 27.4. The van der Waals surface area contributed by atoms with Crippen molar-refractivity contribution < 1.29 is 85.5 Å². The summed E-state index contributed by atoms with van der Waals surface area (Å²) in [5.41, 5.74) is 4.01. The average Bonchev–Trinajstić information content (AvgIpc) is 3.12. The highest BCUT2D eigenvalue weighted by Crippen LogP contribution is 2.40. The van der Waals surface area contributed by atoms with Crippen LogP contribution in [0.15, 0.2) is 101 Å². The fourth-order valence-corrected chi connectivity index (χ4v) is 8.84. The van der Waals surface area contributed by atoms with E-state index in [0.717, 1.165) is 48.5 Å². The van der Waals surface area contributed by atoms with Gasteiger partial charge in [0.1, 0.15) is 38.3 Å². The molecule has 0 spiro atoms. The van der Waals surface area contributed by atoms with Crippen LogP contribution in [0.1, 0.15) is 0 Å². The predicted molar refractivity (Wildman–Crippen MR) is 192 cm³/mol. The SMILES string of the molecule is Nc1cc(O)c(/N=N/c2ccc(S(=O)(=O)CCOSOOO)cc2S(=O)(=O)O)cc1/N=N/c1ccc2cc(S(=O)(=O)CCOSOOO)ccc2c1S(=O)(=O)O. The van der Waals surface area contributed by atoms with Gasteiger partial charge in [-0.15, -0.1) is 29.1 Å². The van der Waals surface area contributed by atoms with Crippen LogP contribution in [0.3, 0.4) is 0 Å². The maximum atomic E-state index is 12.8. The minimum absolute atomic E-state index is 0.0553. The van der Waals surface area contributed by atoms with E-state index >= 15 is 0 Å². The minimum atomic E-state index is -5.12. The smallest absolute Gasteiger partial charge is 0.297 e. The zero-order valence-corrected chi connectivity index (χ0v) is 32.3. The molecule has 0 saturated carbocycles. The van der Waals surface area contributed by atoms with Crippen LogP contribution in [0, 0.1) is 0 Å². The van der Waals surface area contributed by atoms with Gasteiger partial charge in [0.2, 0.25) is 0 Å². The van der Waals surface area contributed by atoms with E-state index in [2.05, 4.69) is 39.2 Å². The van der Waals surface area contributed by atoms with Crippen LogP contribution in [-0.4, -0.2) is 83.1 Å². The van der Waals surface area contributed by atoms with Crippen LogP contribution in [0.25, 0.3) is 10.8 Å². The second-order valence-electron chi connectivity index (χ2n) is 10.4. The van der Waals surface area contributed by atoms with Gasteiger partial charge in [0, 0.05) is 11.5 Å². The van der Waals surface area contributed by atoms with E-state index in [1.165, 1.54) is 6.07 Å². The summed E-state index contributed by atoms with van der Waals surface area (Å²) in [4.78, 5) is -2.56. The van der Waals surface area contributed by atoms with Gasteiger partial charge in [-0.1, -0.05) is 22.2 Å². The van der Waals surface area contributed by atoms with Gasteiger partial charge in [0.05, 0.1) is 40.2 Å². The van der Waals surface area contributed by atoms with E-state index in [1.54, 1.807) is 0 Å². The van der Waals surface area contributed by atoms with Gasteiger partial charge in [0.15, 0.2) is 44.3 Å². The van der Waals surface area contributed by atoms with Crippen LogP contribution in [0.2, 0.25) is 0 Å². The molecule has 0 aromatic heterocycles. The standard InChI is InChI=1S/C26H25N5O19S6/c27-19-13-24(32)23(31-28-20-6-3-17(12-25(20)55(39,40)41)54(37,38)10-8-46-52-50-48-34)14-22(19)30-29-21-5-1-15-11-16(2-4-18(15)26(21)56(42,43)44)53(35,36)9-7-45-51-49-47-33/h1-6,11-14,32-34H,7-10,27H2,(H,39,40,41)(H,42,43,44)/b30-29+,31-28+. The highest BCUT2D eigenvalue weighted by molar-refractivity contribution is 7.92. The molecule has 0 radical (unpaired) electrons. The molecule has 0 aliphatic rings. The van der Waals surface area contributed by atoms with Crippen LogP contribution in [-0.2, 0) is 67.0 Å². The molecule has 0 aliphatic heterocycles. The average molecular weight is 904 g/mol. The molecule has 0 heterocycles. The fourth-order valence-electron chi connectivity index (χ4n) is 4.41. The number of sulfone groups is 2. The molecule has 304 valence electrons. The van der Waals surface area contributed by atoms with Crippen LogP contribution in [0.4, 0.5) is 28.4 Å². The quantitative estimate of drug-likeness (QED) is 0.0129. The Bertz CT molecular complexity index is 2590. The highest BCUT2D eigenvalue weighted by Gasteiger charge is 2.24. The van der Waals surface area contributed by atoms with Crippen molar-refractivity contribution in [1.82, 2.24) is 0 Å². The summed E-state index contributed by atoms with van der Waals surface area (Å²) in [5, 5.41) is 48.3. The summed E-state index contributed by atoms with van der Waals surface area (Å²) in [6, 6.07) is 10.1. The Balaban J connectivity index is 1.65. The van der Waals surface area contributed by atoms with Gasteiger partial charge >= 0.3 is 0 Å². The monoisotopic (exact) mass is 903 g/mol. The predicted octanol–water partition coefficient (Wildman–Crippen LogP) is 5.00. The van der Waals surface area contributed by atoms with E-state index in [4.69, 9.17) is 24.6 Å². The summed E-state index contributed by atoms with van der Waals surface area (Å²) in [6.45, 7) is -0.893. The lowest BCUT2D eigenvalue weighted by molar-refractivity contribution is -0.434. The summed E-state index contributed by atoms with van der Waals surface area (Å²) in [7, 11) is -18.4. The molecule has 0 amide bonds. The van der Waals surface area contributed by atoms with Crippen molar-refractivity contribution in [2.45, 2.75) is 19.6 Å². The lowest BCUT2D eigenvalue weighted by Gasteiger charge is -2.10. The van der Waals surface area contributed by atoms with E-state index in [0.29, 0.717) is 6.07 Å². The Morgan fingerprint density at radius 2 is 1.12 bits per heavy atom. The molecule has 7 N–H and O–H groups in total. The topological polar surface area (TPSA) is 369 Å². The number of fused-ring (bicyclic) bond motifs is 1. The normalized spacial score (nSPS) is 13.0. The first-order chi connectivity index (χ1) is 26.3. The first-order valence-electron chi connectivity index (χ1n) is 14.4. The third-order valence-electron chi connectivity index (χ3n) is 6.84. The summed E-state index contributed by atoms with van der Waals surface area (Å²) in [5.74, 6) is -1.88. The number of nitrogen functional groups attached to an aromatic ring is 1. The van der Waals surface area contributed by atoms with Gasteiger partial charge in [-0.2, -0.15) is 16.8 Å². The Morgan fingerprint density at radius 3 is 1.70 bits per heavy atom. The second-order valence-corrected chi connectivity index (χ2v) is 18.4. The summed E-state index contributed by atoms with van der Waals surface area (Å²) < 4.78 is 137. The number of hydrogen-bond acceptors (Lipinski definition) is 24. The van der Waals surface area contributed by atoms with E-state index in [9.17, 15) is 47.9 Å². The van der Waals surface area contributed by atoms with Crippen molar-refractivity contribution in [1.29, 1.82) is 0 Å². The van der Waals surface area contributed by atoms with Crippen molar-refractivity contribution >= 4 is 104 Å². The molecule has 0 saturated heterocycles. The third kappa shape index (κ3) is 11.8. The lowest BCUT2D eigenvalue weighted by atomic mass is 10.1. The van der Waals surface area contributed by atoms with Crippen molar-refractivity contribution in [2.75, 3.05) is 30.5 Å².